The number of carbonyl (C=O) groups is 1. The zero-order valence-electron chi connectivity index (χ0n) is 10.1. The molecule has 21 heavy (non-hydrogen) atoms. The number of hydrogen-bond acceptors (Lipinski definition) is 5. The average Bonchev–Trinajstić information content (AvgIpc) is 2.88. The fourth-order valence-corrected chi connectivity index (χ4v) is 1.52. The Morgan fingerprint density at radius 2 is 2.10 bits per heavy atom. The smallest absolute Gasteiger partial charge is 0.285 e. The number of rotatable bonds is 3. The Labute approximate surface area is 115 Å². The van der Waals surface area contributed by atoms with Crippen molar-refractivity contribution in [3.63, 3.8) is 0 Å². The van der Waals surface area contributed by atoms with Crippen LogP contribution in [-0.4, -0.2) is 21.0 Å². The molecule has 0 saturated heterocycles. The predicted molar refractivity (Wildman–Crippen MR) is 64.3 cm³/mol. The zero-order valence-corrected chi connectivity index (χ0v) is 10.1. The van der Waals surface area contributed by atoms with Crippen molar-refractivity contribution in [1.82, 2.24) is 10.2 Å². The highest BCUT2D eigenvalue weighted by molar-refractivity contribution is 6.07. The standard InChI is InChI=1S/C11H5F2N5O3/c12-7-1-6(9(18(20)21)2-8(7)13)11(19)16-10-5(3-14)4-15-17-10/h1-2,4H,(H2,15,16,17,19). The lowest BCUT2D eigenvalue weighted by molar-refractivity contribution is -0.385. The Kier molecular flexibility index (Phi) is 3.57. The minimum atomic E-state index is -1.45. The number of benzene rings is 1. The summed E-state index contributed by atoms with van der Waals surface area (Å²) in [5.41, 5.74) is -1.60. The van der Waals surface area contributed by atoms with E-state index in [1.54, 1.807) is 6.07 Å². The van der Waals surface area contributed by atoms with Crippen LogP contribution in [-0.2, 0) is 0 Å². The molecule has 10 heteroatoms. The van der Waals surface area contributed by atoms with Crippen LogP contribution in [0.3, 0.4) is 0 Å². The number of nitrogens with zero attached hydrogens (tertiary/aromatic N) is 3. The maximum atomic E-state index is 13.2. The lowest BCUT2D eigenvalue weighted by Gasteiger charge is -2.05. The van der Waals surface area contributed by atoms with Crippen molar-refractivity contribution in [2.24, 2.45) is 0 Å². The van der Waals surface area contributed by atoms with Crippen molar-refractivity contribution < 1.29 is 18.5 Å². The quantitative estimate of drug-likeness (QED) is 0.658. The summed E-state index contributed by atoms with van der Waals surface area (Å²) in [6.07, 6.45) is 1.12. The summed E-state index contributed by atoms with van der Waals surface area (Å²) >= 11 is 0. The maximum absolute atomic E-state index is 13.2. The molecule has 106 valence electrons. The van der Waals surface area contributed by atoms with Gasteiger partial charge in [-0.25, -0.2) is 8.78 Å². The van der Waals surface area contributed by atoms with Gasteiger partial charge in [0.25, 0.3) is 11.6 Å². The van der Waals surface area contributed by atoms with Crippen LogP contribution in [0, 0.1) is 33.1 Å². The number of nitrogens with one attached hydrogen (secondary N) is 2. The zero-order chi connectivity index (χ0) is 15.6. The van der Waals surface area contributed by atoms with Gasteiger partial charge in [0.15, 0.2) is 11.6 Å². The largest absolute Gasteiger partial charge is 0.306 e. The van der Waals surface area contributed by atoms with E-state index in [9.17, 15) is 23.7 Å². The summed E-state index contributed by atoms with van der Waals surface area (Å²) in [6.45, 7) is 0. The minimum Gasteiger partial charge on any atom is -0.306 e. The highest BCUT2D eigenvalue weighted by Gasteiger charge is 2.24. The number of carbonyl (C=O) groups excluding carboxylic acids is 1. The lowest BCUT2D eigenvalue weighted by atomic mass is 10.1. The van der Waals surface area contributed by atoms with E-state index < -0.39 is 33.7 Å². The van der Waals surface area contributed by atoms with Gasteiger partial charge in [0.05, 0.1) is 17.2 Å². The topological polar surface area (TPSA) is 125 Å². The van der Waals surface area contributed by atoms with Gasteiger partial charge in [-0.1, -0.05) is 0 Å². The van der Waals surface area contributed by atoms with Gasteiger partial charge in [0, 0.05) is 0 Å². The molecule has 2 N–H and O–H groups in total. The third-order valence-electron chi connectivity index (χ3n) is 2.48. The van der Waals surface area contributed by atoms with Crippen molar-refractivity contribution in [3.8, 4) is 6.07 Å². The molecule has 0 aliphatic heterocycles. The highest BCUT2D eigenvalue weighted by atomic mass is 19.2. The monoisotopic (exact) mass is 293 g/mol. The number of anilines is 1. The van der Waals surface area contributed by atoms with Crippen LogP contribution in [0.25, 0.3) is 0 Å². The predicted octanol–water partition coefficient (Wildman–Crippen LogP) is 1.72. The van der Waals surface area contributed by atoms with Crippen LogP contribution < -0.4 is 5.32 Å². The van der Waals surface area contributed by atoms with Gasteiger partial charge in [-0.3, -0.25) is 20.0 Å². The van der Waals surface area contributed by atoms with Gasteiger partial charge in [0.1, 0.15) is 23.0 Å². The molecule has 0 atom stereocenters. The van der Waals surface area contributed by atoms with Crippen molar-refractivity contribution in [2.45, 2.75) is 0 Å². The molecule has 0 spiro atoms. The molecule has 2 rings (SSSR count). The van der Waals surface area contributed by atoms with E-state index in [-0.39, 0.29) is 11.4 Å². The van der Waals surface area contributed by atoms with E-state index in [1.165, 1.54) is 0 Å². The van der Waals surface area contributed by atoms with Crippen molar-refractivity contribution in [1.29, 1.82) is 5.26 Å². The third kappa shape index (κ3) is 2.66. The van der Waals surface area contributed by atoms with Gasteiger partial charge in [-0.15, -0.1) is 0 Å². The summed E-state index contributed by atoms with van der Waals surface area (Å²) in [5.74, 6) is -4.05. The van der Waals surface area contributed by atoms with Gasteiger partial charge in [-0.05, 0) is 6.07 Å². The van der Waals surface area contributed by atoms with Crippen LogP contribution >= 0.6 is 0 Å². The second-order valence-corrected chi connectivity index (χ2v) is 3.77. The van der Waals surface area contributed by atoms with Crippen LogP contribution in [0.4, 0.5) is 20.3 Å². The number of aromatic nitrogens is 2. The minimum absolute atomic E-state index is 0.0198. The molecule has 0 saturated carbocycles. The van der Waals surface area contributed by atoms with Gasteiger partial charge >= 0.3 is 0 Å². The Morgan fingerprint density at radius 3 is 2.71 bits per heavy atom. The fraction of sp³-hybridized carbons (Fsp3) is 0. The average molecular weight is 293 g/mol. The molecule has 1 aromatic carbocycles. The molecular weight excluding hydrogens is 288 g/mol. The number of H-pyrrole nitrogens is 1. The molecule has 1 amide bonds. The third-order valence-corrected chi connectivity index (χ3v) is 2.48. The first-order chi connectivity index (χ1) is 9.93. The Hall–Kier alpha value is -3.35. The molecule has 0 unspecified atom stereocenters. The first-order valence-electron chi connectivity index (χ1n) is 5.32. The number of amides is 1. The van der Waals surface area contributed by atoms with E-state index in [1.807, 2.05) is 0 Å². The number of halogens is 2. The van der Waals surface area contributed by atoms with Gasteiger partial charge in [0.2, 0.25) is 0 Å². The molecule has 0 aliphatic rings. The SMILES string of the molecule is N#Cc1cn[nH]c1NC(=O)c1cc(F)c(F)cc1[N+](=O)[O-]. The maximum Gasteiger partial charge on any atom is 0.285 e. The molecular formula is C11H5F2N5O3. The molecule has 0 bridgehead atoms. The van der Waals surface area contributed by atoms with E-state index >= 15 is 0 Å². The Balaban J connectivity index is 2.42. The number of nitro benzene ring substituents is 1. The number of nitro groups is 1. The van der Waals surface area contributed by atoms with E-state index in [2.05, 4.69) is 15.5 Å². The number of nitriles is 1. The van der Waals surface area contributed by atoms with Crippen LogP contribution in [0.2, 0.25) is 0 Å². The molecule has 0 fully saturated rings. The second kappa shape index (κ2) is 5.33. The number of aromatic amines is 1. The second-order valence-electron chi connectivity index (χ2n) is 3.77. The molecule has 1 aromatic heterocycles. The normalized spacial score (nSPS) is 9.95. The fourth-order valence-electron chi connectivity index (χ4n) is 1.52. The molecule has 0 aliphatic carbocycles. The van der Waals surface area contributed by atoms with Gasteiger partial charge in [-0.2, -0.15) is 10.4 Å². The van der Waals surface area contributed by atoms with Crippen LogP contribution in [0.15, 0.2) is 18.3 Å². The summed E-state index contributed by atoms with van der Waals surface area (Å²) in [4.78, 5) is 21.7. The Morgan fingerprint density at radius 1 is 1.43 bits per heavy atom. The summed E-state index contributed by atoms with van der Waals surface area (Å²) < 4.78 is 26.2. The highest BCUT2D eigenvalue weighted by Crippen LogP contribution is 2.23. The van der Waals surface area contributed by atoms with Crippen LogP contribution in [0.5, 0.6) is 0 Å². The summed E-state index contributed by atoms with van der Waals surface area (Å²) in [7, 11) is 0. The van der Waals surface area contributed by atoms with Gasteiger partial charge < -0.3 is 5.32 Å². The molecule has 8 nitrogen and oxygen atoms in total. The van der Waals surface area contributed by atoms with Crippen molar-refractivity contribution in [3.05, 3.63) is 51.2 Å². The van der Waals surface area contributed by atoms with E-state index in [0.717, 1.165) is 6.20 Å². The van der Waals surface area contributed by atoms with E-state index in [4.69, 9.17) is 5.26 Å². The summed E-state index contributed by atoms with van der Waals surface area (Å²) in [5, 5.41) is 27.4. The molecule has 1 heterocycles. The lowest BCUT2D eigenvalue weighted by Crippen LogP contribution is -2.15. The first kappa shape index (κ1) is 14.1. The van der Waals surface area contributed by atoms with Crippen molar-refractivity contribution >= 4 is 17.4 Å². The molecule has 2 aromatic rings. The first-order valence-corrected chi connectivity index (χ1v) is 5.32. The molecule has 0 radical (unpaired) electrons. The Bertz CT molecular complexity index is 781. The van der Waals surface area contributed by atoms with Crippen LogP contribution in [0.1, 0.15) is 15.9 Å². The van der Waals surface area contributed by atoms with Crippen molar-refractivity contribution in [2.75, 3.05) is 5.32 Å². The van der Waals surface area contributed by atoms with E-state index in [0.29, 0.717) is 12.1 Å². The summed E-state index contributed by atoms with van der Waals surface area (Å²) in [6, 6.07) is 2.43. The number of hydrogen-bond donors (Lipinski definition) is 2.